The van der Waals surface area contributed by atoms with E-state index in [1.807, 2.05) is 30.3 Å². The summed E-state index contributed by atoms with van der Waals surface area (Å²) in [7, 11) is 1.39. The third-order valence-corrected chi connectivity index (χ3v) is 8.43. The summed E-state index contributed by atoms with van der Waals surface area (Å²) < 4.78 is 6.54. The Morgan fingerprint density at radius 1 is 1.28 bits per heavy atom. The molecule has 0 fully saturated rings. The summed E-state index contributed by atoms with van der Waals surface area (Å²) in [6.07, 6.45) is 3.35. The van der Waals surface area contributed by atoms with Gasteiger partial charge in [-0.25, -0.2) is 4.98 Å². The number of benzene rings is 1. The first-order chi connectivity index (χ1) is 15.3. The quantitative estimate of drug-likeness (QED) is 0.277. The first-order valence-electron chi connectivity index (χ1n) is 11.1. The van der Waals surface area contributed by atoms with Crippen LogP contribution in [0.5, 0.6) is 0 Å². The Morgan fingerprint density at radius 3 is 2.72 bits per heavy atom. The fraction of sp³-hybridized carbons (Fsp3) is 0.480. The molecule has 1 aliphatic carbocycles. The van der Waals surface area contributed by atoms with E-state index >= 15 is 0 Å². The Hall–Kier alpha value is -2.12. The molecule has 0 N–H and O–H groups in total. The zero-order valence-electron chi connectivity index (χ0n) is 19.1. The summed E-state index contributed by atoms with van der Waals surface area (Å²) in [5, 5.41) is 1.46. The maximum absolute atomic E-state index is 13.7. The van der Waals surface area contributed by atoms with Crippen LogP contribution in [0, 0.1) is 11.3 Å². The number of carbonyl (C=O) groups is 1. The third-order valence-electron chi connectivity index (χ3n) is 6.31. The van der Waals surface area contributed by atoms with Crippen molar-refractivity contribution >= 4 is 39.3 Å². The van der Waals surface area contributed by atoms with Gasteiger partial charge in [-0.3, -0.25) is 14.2 Å². The van der Waals surface area contributed by atoms with Crippen molar-refractivity contribution in [3.8, 4) is 0 Å². The number of carbonyl (C=O) groups excluding carboxylic acids is 1. The number of hydrogen-bond donors (Lipinski definition) is 0. The van der Waals surface area contributed by atoms with Gasteiger partial charge < -0.3 is 4.74 Å². The lowest BCUT2D eigenvalue weighted by molar-refractivity contribution is -0.140. The molecule has 1 aliphatic rings. The molecule has 0 unspecified atom stereocenters. The normalized spacial score (nSPS) is 16.2. The lowest BCUT2D eigenvalue weighted by Gasteiger charge is -2.33. The SMILES string of the molecule is COC(=O)CCSc1nc2sc3c(c2c(=O)n1Cc1ccccc1)CC[C@H](C(C)(C)C)C3. The number of nitrogens with zero attached hydrogens (tertiary/aromatic N) is 2. The smallest absolute Gasteiger partial charge is 0.306 e. The average molecular weight is 471 g/mol. The number of fused-ring (bicyclic) bond motifs is 3. The predicted molar refractivity (Wildman–Crippen MR) is 132 cm³/mol. The van der Waals surface area contributed by atoms with Crippen molar-refractivity contribution in [1.82, 2.24) is 9.55 Å². The summed E-state index contributed by atoms with van der Waals surface area (Å²) in [5.74, 6) is 0.884. The maximum atomic E-state index is 13.7. The van der Waals surface area contributed by atoms with Gasteiger partial charge in [0.2, 0.25) is 0 Å². The van der Waals surface area contributed by atoms with Crippen molar-refractivity contribution in [2.45, 2.75) is 58.2 Å². The molecule has 32 heavy (non-hydrogen) atoms. The molecule has 1 atom stereocenters. The van der Waals surface area contributed by atoms with Crippen molar-refractivity contribution < 1.29 is 9.53 Å². The highest BCUT2D eigenvalue weighted by Crippen LogP contribution is 2.42. The number of methoxy groups -OCH3 is 1. The number of thioether (sulfide) groups is 1. The van der Waals surface area contributed by atoms with Crippen molar-refractivity contribution in [2.75, 3.05) is 12.9 Å². The minimum Gasteiger partial charge on any atom is -0.469 e. The van der Waals surface area contributed by atoms with E-state index in [-0.39, 0.29) is 23.4 Å². The van der Waals surface area contributed by atoms with Crippen LogP contribution in [0.4, 0.5) is 0 Å². The fourth-order valence-electron chi connectivity index (χ4n) is 4.32. The molecule has 0 saturated carbocycles. The number of aromatic nitrogens is 2. The molecule has 0 saturated heterocycles. The lowest BCUT2D eigenvalue weighted by Crippen LogP contribution is -2.27. The van der Waals surface area contributed by atoms with E-state index in [9.17, 15) is 9.59 Å². The maximum Gasteiger partial charge on any atom is 0.306 e. The number of esters is 1. The topological polar surface area (TPSA) is 61.2 Å². The highest BCUT2D eigenvalue weighted by Gasteiger charge is 2.32. The van der Waals surface area contributed by atoms with Crippen LogP contribution in [0.1, 0.15) is 49.6 Å². The van der Waals surface area contributed by atoms with Gasteiger partial charge in [0.05, 0.1) is 25.5 Å². The second kappa shape index (κ2) is 9.40. The zero-order valence-corrected chi connectivity index (χ0v) is 20.8. The number of rotatable bonds is 6. The number of thiophene rings is 1. The summed E-state index contributed by atoms with van der Waals surface area (Å²) in [6, 6.07) is 9.98. The van der Waals surface area contributed by atoms with Crippen LogP contribution < -0.4 is 5.56 Å². The van der Waals surface area contributed by atoms with E-state index in [1.54, 1.807) is 15.9 Å². The average Bonchev–Trinajstić information content (AvgIpc) is 3.14. The van der Waals surface area contributed by atoms with Crippen LogP contribution in [-0.2, 0) is 28.9 Å². The second-order valence-electron chi connectivity index (χ2n) is 9.44. The largest absolute Gasteiger partial charge is 0.469 e. The number of aryl methyl sites for hydroxylation is 1. The Labute approximate surface area is 197 Å². The highest BCUT2D eigenvalue weighted by atomic mass is 32.2. The molecule has 2 heterocycles. The molecule has 0 aliphatic heterocycles. The molecule has 0 amide bonds. The van der Waals surface area contributed by atoms with Crippen LogP contribution in [0.25, 0.3) is 10.2 Å². The lowest BCUT2D eigenvalue weighted by atomic mass is 9.72. The molecule has 3 aromatic rings. The Morgan fingerprint density at radius 2 is 2.03 bits per heavy atom. The van der Waals surface area contributed by atoms with Gasteiger partial charge in [-0.15, -0.1) is 11.3 Å². The van der Waals surface area contributed by atoms with Gasteiger partial charge >= 0.3 is 5.97 Å². The van der Waals surface area contributed by atoms with Crippen molar-refractivity contribution in [3.05, 3.63) is 56.7 Å². The van der Waals surface area contributed by atoms with E-state index in [0.717, 1.165) is 35.0 Å². The third kappa shape index (κ3) is 4.79. The minimum atomic E-state index is -0.254. The highest BCUT2D eigenvalue weighted by molar-refractivity contribution is 7.99. The summed E-state index contributed by atoms with van der Waals surface area (Å²) >= 11 is 3.13. The van der Waals surface area contributed by atoms with Crippen LogP contribution in [0.15, 0.2) is 40.3 Å². The van der Waals surface area contributed by atoms with Gasteiger partial charge in [0.15, 0.2) is 5.16 Å². The predicted octanol–water partition coefficient (Wildman–Crippen LogP) is 5.31. The van der Waals surface area contributed by atoms with Crippen LogP contribution in [0.3, 0.4) is 0 Å². The van der Waals surface area contributed by atoms with Crippen LogP contribution in [-0.4, -0.2) is 28.4 Å². The molecule has 2 aromatic heterocycles. The van der Waals surface area contributed by atoms with Gasteiger partial charge in [0, 0.05) is 10.6 Å². The van der Waals surface area contributed by atoms with Gasteiger partial charge in [0.25, 0.3) is 5.56 Å². The van der Waals surface area contributed by atoms with E-state index in [4.69, 9.17) is 9.72 Å². The van der Waals surface area contributed by atoms with E-state index in [1.165, 1.54) is 29.3 Å². The molecule has 1 aromatic carbocycles. The summed E-state index contributed by atoms with van der Waals surface area (Å²) in [5.41, 5.74) is 2.55. The van der Waals surface area contributed by atoms with Crippen molar-refractivity contribution in [1.29, 1.82) is 0 Å². The van der Waals surface area contributed by atoms with Gasteiger partial charge in [0.1, 0.15) is 4.83 Å². The van der Waals surface area contributed by atoms with Crippen molar-refractivity contribution in [3.63, 3.8) is 0 Å². The molecular weight excluding hydrogens is 440 g/mol. The molecule has 170 valence electrons. The minimum absolute atomic E-state index is 0.0335. The molecule has 0 radical (unpaired) electrons. The number of hydrogen-bond acceptors (Lipinski definition) is 6. The molecule has 0 bridgehead atoms. The first-order valence-corrected chi connectivity index (χ1v) is 12.9. The number of ether oxygens (including phenoxy) is 1. The van der Waals surface area contributed by atoms with Crippen LogP contribution >= 0.6 is 23.1 Å². The van der Waals surface area contributed by atoms with E-state index < -0.39 is 0 Å². The molecule has 5 nitrogen and oxygen atoms in total. The van der Waals surface area contributed by atoms with Gasteiger partial charge in [-0.05, 0) is 41.7 Å². The molecule has 4 rings (SSSR count). The molecule has 0 spiro atoms. The zero-order chi connectivity index (χ0) is 22.9. The van der Waals surface area contributed by atoms with E-state index in [0.29, 0.717) is 23.4 Å². The molecular formula is C25H30N2O3S2. The standard InChI is InChI=1S/C25H30N2O3S2/c1-25(2,3)17-10-11-18-19(14-17)32-22-21(18)23(29)27(15-16-8-6-5-7-9-16)24(26-22)31-13-12-20(28)30-4/h5-9,17H,10-15H2,1-4H3/t17-/m0/s1. The summed E-state index contributed by atoms with van der Waals surface area (Å²) in [6.45, 7) is 7.38. The second-order valence-corrected chi connectivity index (χ2v) is 11.6. The first kappa shape index (κ1) is 23.1. The molecule has 7 heteroatoms. The Kier molecular flexibility index (Phi) is 6.77. The van der Waals surface area contributed by atoms with Gasteiger partial charge in [-0.1, -0.05) is 62.9 Å². The van der Waals surface area contributed by atoms with Crippen LogP contribution in [0.2, 0.25) is 0 Å². The fourth-order valence-corrected chi connectivity index (χ4v) is 6.58. The Bertz CT molecular complexity index is 1180. The van der Waals surface area contributed by atoms with Gasteiger partial charge in [-0.2, -0.15) is 0 Å². The van der Waals surface area contributed by atoms with E-state index in [2.05, 4.69) is 20.8 Å². The monoisotopic (exact) mass is 470 g/mol. The Balaban J connectivity index is 1.76. The van der Waals surface area contributed by atoms with Crippen molar-refractivity contribution in [2.24, 2.45) is 11.3 Å². The summed E-state index contributed by atoms with van der Waals surface area (Å²) in [4.78, 5) is 32.4.